The van der Waals surface area contributed by atoms with Crippen LogP contribution in [0, 0.1) is 0 Å². The molecular formula is C29H29ClO2P2. The molecule has 0 N–H and O–H groups in total. The quantitative estimate of drug-likeness (QED) is 0.184. The molecule has 0 saturated heterocycles. The maximum atomic E-state index is 15.2. The summed E-state index contributed by atoms with van der Waals surface area (Å²) in [6, 6.07) is 38.6. The van der Waals surface area contributed by atoms with Crippen molar-refractivity contribution in [3.63, 3.8) is 0 Å². The van der Waals surface area contributed by atoms with Gasteiger partial charge in [-0.2, -0.15) is 0 Å². The summed E-state index contributed by atoms with van der Waals surface area (Å²) in [4.78, 5) is 0. The normalized spacial score (nSPS) is 12.9. The van der Waals surface area contributed by atoms with Gasteiger partial charge in [-0.3, -0.25) is 0 Å². The van der Waals surface area contributed by atoms with Crippen LogP contribution in [0.4, 0.5) is 0 Å². The molecule has 5 heteroatoms. The second kappa shape index (κ2) is 11.4. The van der Waals surface area contributed by atoms with Gasteiger partial charge in [0.25, 0.3) is 0 Å². The maximum Gasteiger partial charge on any atom is 0.146 e. The smallest absolute Gasteiger partial charge is 0.146 e. The van der Waals surface area contributed by atoms with E-state index >= 15 is 4.57 Å². The van der Waals surface area contributed by atoms with Gasteiger partial charge >= 0.3 is 0 Å². The lowest BCUT2D eigenvalue weighted by Gasteiger charge is -2.32. The number of hydrogen-bond donors (Lipinski definition) is 0. The van der Waals surface area contributed by atoms with Crippen molar-refractivity contribution in [2.75, 3.05) is 12.0 Å². The summed E-state index contributed by atoms with van der Waals surface area (Å²) in [6.45, 7) is 0. The summed E-state index contributed by atoms with van der Waals surface area (Å²) in [5.74, 6) is 0.473. The Balaban J connectivity index is 1.90. The number of hydrogen-bond acceptors (Lipinski definition) is 2. The van der Waals surface area contributed by atoms with E-state index in [2.05, 4.69) is 0 Å². The van der Waals surface area contributed by atoms with Gasteiger partial charge in [-0.1, -0.05) is 121 Å². The van der Waals surface area contributed by atoms with Gasteiger partial charge in [-0.25, -0.2) is 0 Å². The molecule has 2 nitrogen and oxygen atoms in total. The Hall–Kier alpha value is -2.37. The fourth-order valence-electron chi connectivity index (χ4n) is 4.56. The van der Waals surface area contributed by atoms with Crippen molar-refractivity contribution in [3.05, 3.63) is 121 Å². The zero-order valence-electron chi connectivity index (χ0n) is 19.0. The van der Waals surface area contributed by atoms with Crippen LogP contribution in [0.5, 0.6) is 0 Å². The third-order valence-corrected chi connectivity index (χ3v) is 13.7. The van der Waals surface area contributed by atoms with E-state index in [4.69, 9.17) is 11.6 Å². The van der Waals surface area contributed by atoms with Crippen molar-refractivity contribution in [1.82, 2.24) is 0 Å². The minimum absolute atomic E-state index is 0.317. The highest BCUT2D eigenvalue weighted by Crippen LogP contribution is 2.57. The predicted octanol–water partition coefficient (Wildman–Crippen LogP) is 6.40. The maximum absolute atomic E-state index is 15.2. The van der Waals surface area contributed by atoms with Crippen molar-refractivity contribution in [3.8, 4) is 0 Å². The number of rotatable bonds is 10. The topological polar surface area (TPSA) is 34.1 Å². The van der Waals surface area contributed by atoms with Gasteiger partial charge in [0, 0.05) is 38.9 Å². The zero-order valence-corrected chi connectivity index (χ0v) is 21.6. The van der Waals surface area contributed by atoms with Crippen LogP contribution in [-0.4, -0.2) is 17.7 Å². The second-order valence-corrected chi connectivity index (χ2v) is 14.7. The lowest BCUT2D eigenvalue weighted by Crippen LogP contribution is -2.32. The molecule has 1 unspecified atom stereocenters. The molecule has 0 aliphatic carbocycles. The third kappa shape index (κ3) is 5.16. The highest BCUT2D eigenvalue weighted by atomic mass is 35.5. The fraction of sp³-hybridized carbons (Fsp3) is 0.172. The molecule has 4 rings (SSSR count). The fourth-order valence-corrected chi connectivity index (χ4v) is 12.0. The largest absolute Gasteiger partial charge is 0.314 e. The third-order valence-electron chi connectivity index (χ3n) is 6.28. The highest BCUT2D eigenvalue weighted by molar-refractivity contribution is 7.82. The minimum atomic E-state index is -3.13. The average Bonchev–Trinajstić information content (AvgIpc) is 2.92. The Labute approximate surface area is 207 Å². The molecule has 0 aliphatic heterocycles. The highest BCUT2D eigenvalue weighted by Gasteiger charge is 2.41. The van der Waals surface area contributed by atoms with E-state index in [0.29, 0.717) is 24.9 Å². The van der Waals surface area contributed by atoms with Crippen molar-refractivity contribution >= 4 is 47.1 Å². The number of alkyl halides is 1. The number of benzene rings is 4. The first-order chi connectivity index (χ1) is 16.6. The van der Waals surface area contributed by atoms with Crippen LogP contribution in [-0.2, 0) is 9.13 Å². The molecule has 0 radical (unpaired) electrons. The molecular weight excluding hydrogens is 478 g/mol. The summed E-state index contributed by atoms with van der Waals surface area (Å²) in [5.41, 5.74) is -0.317. The molecule has 0 heterocycles. The molecule has 34 heavy (non-hydrogen) atoms. The van der Waals surface area contributed by atoms with E-state index < -0.39 is 14.3 Å². The van der Waals surface area contributed by atoms with Gasteiger partial charge in [0.05, 0.1) is 0 Å². The van der Waals surface area contributed by atoms with E-state index in [0.717, 1.165) is 21.2 Å². The minimum Gasteiger partial charge on any atom is -0.314 e. The molecule has 4 aromatic rings. The summed E-state index contributed by atoms with van der Waals surface area (Å²) in [5, 5.41) is 3.19. The SMILES string of the molecule is O=P(CC(CCCCl)P(=O)(c1ccccc1)c1ccccc1)(c1ccccc1)c1ccccc1. The summed E-state index contributed by atoms with van der Waals surface area (Å²) in [7, 11) is -6.21. The molecule has 0 fully saturated rings. The standard InChI is InChI=1S/C29H29ClO2P2/c30-23-13-22-29(34(32,27-18-9-3-10-19-27)28-20-11-4-12-21-28)24-33(31,25-14-5-1-6-15-25)26-16-7-2-8-17-26/h1-12,14-21,29H,13,22-24H2. The lowest BCUT2D eigenvalue weighted by atomic mass is 10.3. The van der Waals surface area contributed by atoms with E-state index in [1.165, 1.54) is 0 Å². The van der Waals surface area contributed by atoms with Crippen LogP contribution in [0.3, 0.4) is 0 Å². The first-order valence-electron chi connectivity index (χ1n) is 11.6. The van der Waals surface area contributed by atoms with E-state index in [-0.39, 0.29) is 5.66 Å². The average molecular weight is 507 g/mol. The molecule has 0 aromatic heterocycles. The Morgan fingerprint density at radius 1 is 0.559 bits per heavy atom. The summed E-state index contributed by atoms with van der Waals surface area (Å²) in [6.07, 6.45) is 1.66. The van der Waals surface area contributed by atoms with Crippen molar-refractivity contribution in [1.29, 1.82) is 0 Å². The lowest BCUT2D eigenvalue weighted by molar-refractivity contribution is 0.568. The van der Waals surface area contributed by atoms with Crippen LogP contribution in [0.15, 0.2) is 121 Å². The van der Waals surface area contributed by atoms with Gasteiger partial charge in [-0.15, -0.1) is 11.6 Å². The Morgan fingerprint density at radius 2 is 0.912 bits per heavy atom. The molecule has 0 amide bonds. The van der Waals surface area contributed by atoms with Crippen LogP contribution >= 0.6 is 25.9 Å². The molecule has 4 aromatic carbocycles. The van der Waals surface area contributed by atoms with Crippen LogP contribution in [0.1, 0.15) is 12.8 Å². The van der Waals surface area contributed by atoms with E-state index in [9.17, 15) is 4.57 Å². The first kappa shape index (κ1) is 24.7. The van der Waals surface area contributed by atoms with Crippen LogP contribution in [0.2, 0.25) is 0 Å². The molecule has 0 saturated carbocycles. The van der Waals surface area contributed by atoms with Crippen LogP contribution < -0.4 is 21.2 Å². The predicted molar refractivity (Wildman–Crippen MR) is 148 cm³/mol. The van der Waals surface area contributed by atoms with Crippen molar-refractivity contribution in [2.24, 2.45) is 0 Å². The van der Waals surface area contributed by atoms with Gasteiger partial charge in [0.1, 0.15) is 14.3 Å². The summed E-state index contributed by atoms with van der Waals surface area (Å²) >= 11 is 6.13. The van der Waals surface area contributed by atoms with E-state index in [1.807, 2.05) is 121 Å². The van der Waals surface area contributed by atoms with Crippen molar-refractivity contribution < 1.29 is 9.13 Å². The summed E-state index contributed by atoms with van der Waals surface area (Å²) < 4.78 is 30.1. The zero-order chi connectivity index (χ0) is 23.9. The molecule has 0 bridgehead atoms. The van der Waals surface area contributed by atoms with Gasteiger partial charge in [-0.05, 0) is 12.8 Å². The Bertz CT molecular complexity index is 1180. The number of halogens is 1. The molecule has 1 atom stereocenters. The van der Waals surface area contributed by atoms with Crippen LogP contribution in [0.25, 0.3) is 0 Å². The van der Waals surface area contributed by atoms with Gasteiger partial charge < -0.3 is 9.13 Å². The van der Waals surface area contributed by atoms with E-state index in [1.54, 1.807) is 0 Å². The Morgan fingerprint density at radius 3 is 1.26 bits per heavy atom. The first-order valence-corrected chi connectivity index (χ1v) is 15.8. The molecule has 0 spiro atoms. The molecule has 174 valence electrons. The van der Waals surface area contributed by atoms with Gasteiger partial charge in [0.2, 0.25) is 0 Å². The monoisotopic (exact) mass is 506 g/mol. The van der Waals surface area contributed by atoms with Gasteiger partial charge in [0.15, 0.2) is 0 Å². The van der Waals surface area contributed by atoms with Crippen molar-refractivity contribution in [2.45, 2.75) is 18.5 Å². The second-order valence-electron chi connectivity index (χ2n) is 8.41. The Kier molecular flexibility index (Phi) is 8.28. The molecule has 0 aliphatic rings.